The van der Waals surface area contributed by atoms with E-state index >= 15 is 0 Å². The fourth-order valence-corrected chi connectivity index (χ4v) is 12.4. The molecular weight excluding hydrogens is 625 g/mol. The predicted molar refractivity (Wildman–Crippen MR) is 207 cm³/mol. The summed E-state index contributed by atoms with van der Waals surface area (Å²) in [6.45, 7) is 16.5. The summed E-state index contributed by atoms with van der Waals surface area (Å²) >= 11 is 0. The Morgan fingerprint density at radius 3 is 1.72 bits per heavy atom. The smallest absolute Gasteiger partial charge is 0.196 e. The van der Waals surface area contributed by atoms with Crippen LogP contribution in [0, 0.1) is 24.5 Å². The number of rotatable bonds is 6. The molecule has 232 valence electrons. The molecule has 8 aromatic rings. The molecule has 5 heteroatoms. The number of para-hydroxylation sites is 1. The lowest BCUT2D eigenvalue weighted by Crippen LogP contribution is -2.75. The lowest BCUT2D eigenvalue weighted by atomic mass is 10.0. The van der Waals surface area contributed by atoms with Crippen molar-refractivity contribution in [1.82, 2.24) is 4.57 Å². The molecular formula is C45H28N4Si. The average molecular weight is 653 g/mol. The van der Waals surface area contributed by atoms with Gasteiger partial charge in [-0.25, -0.2) is 9.69 Å². The van der Waals surface area contributed by atoms with Gasteiger partial charge >= 0.3 is 0 Å². The monoisotopic (exact) mass is 652 g/mol. The molecule has 0 saturated carbocycles. The van der Waals surface area contributed by atoms with Crippen molar-refractivity contribution in [2.45, 2.75) is 0 Å². The molecule has 0 aliphatic heterocycles. The van der Waals surface area contributed by atoms with Gasteiger partial charge in [0, 0.05) is 16.5 Å². The first-order chi connectivity index (χ1) is 24.7. The number of nitriles is 1. The van der Waals surface area contributed by atoms with Gasteiger partial charge in [-0.15, -0.1) is 0 Å². The van der Waals surface area contributed by atoms with Crippen LogP contribution in [0.3, 0.4) is 0 Å². The van der Waals surface area contributed by atoms with E-state index < -0.39 is 8.07 Å². The fourth-order valence-electron chi connectivity index (χ4n) is 7.48. The van der Waals surface area contributed by atoms with Crippen LogP contribution in [0.2, 0.25) is 0 Å². The Morgan fingerprint density at radius 1 is 0.520 bits per heavy atom. The summed E-state index contributed by atoms with van der Waals surface area (Å²) < 4.78 is 2.16. The second-order valence-electron chi connectivity index (χ2n) is 12.2. The molecule has 0 unspecified atom stereocenters. The zero-order chi connectivity index (χ0) is 34.1. The van der Waals surface area contributed by atoms with Gasteiger partial charge in [-0.2, -0.15) is 5.26 Å². The van der Waals surface area contributed by atoms with Crippen LogP contribution in [0.15, 0.2) is 170 Å². The Balaban J connectivity index is 1.43. The van der Waals surface area contributed by atoms with Crippen molar-refractivity contribution in [3.63, 3.8) is 0 Å². The summed E-state index contributed by atoms with van der Waals surface area (Å²) in [4.78, 5) is 7.99. The summed E-state index contributed by atoms with van der Waals surface area (Å²) in [6.07, 6.45) is 0. The summed E-state index contributed by atoms with van der Waals surface area (Å²) in [7, 11) is -2.98. The maximum absolute atomic E-state index is 9.63. The van der Waals surface area contributed by atoms with E-state index in [-0.39, 0.29) is 0 Å². The molecule has 0 aliphatic carbocycles. The third kappa shape index (κ3) is 4.80. The molecule has 0 fully saturated rings. The minimum absolute atomic E-state index is 0.502. The van der Waals surface area contributed by atoms with Crippen LogP contribution in [0.4, 0.5) is 11.4 Å². The number of hydrogen-bond acceptors (Lipinski definition) is 1. The second kappa shape index (κ2) is 12.6. The Labute approximate surface area is 292 Å². The van der Waals surface area contributed by atoms with Crippen LogP contribution in [-0.4, -0.2) is 12.6 Å². The molecule has 0 amide bonds. The molecule has 1 aromatic heterocycles. The van der Waals surface area contributed by atoms with Gasteiger partial charge in [-0.1, -0.05) is 133 Å². The number of nitrogens with zero attached hydrogens (tertiary/aromatic N) is 4. The molecule has 0 atom stereocenters. The topological polar surface area (TPSA) is 37.4 Å². The van der Waals surface area contributed by atoms with E-state index in [2.05, 4.69) is 117 Å². The summed E-state index contributed by atoms with van der Waals surface area (Å²) in [5, 5.41) is 16.4. The highest BCUT2D eigenvalue weighted by atomic mass is 28.3. The normalized spacial score (nSPS) is 11.1. The average Bonchev–Trinajstić information content (AvgIpc) is 3.53. The van der Waals surface area contributed by atoms with E-state index in [0.29, 0.717) is 16.9 Å². The van der Waals surface area contributed by atoms with Crippen molar-refractivity contribution in [3.8, 4) is 22.9 Å². The van der Waals surface area contributed by atoms with Crippen molar-refractivity contribution >= 4 is 62.0 Å². The molecule has 0 radical (unpaired) electrons. The van der Waals surface area contributed by atoms with Crippen molar-refractivity contribution in [2.75, 3.05) is 0 Å². The first kappa shape index (κ1) is 30.4. The van der Waals surface area contributed by atoms with Gasteiger partial charge < -0.3 is 4.57 Å². The van der Waals surface area contributed by atoms with E-state index in [4.69, 9.17) is 13.1 Å². The predicted octanol–water partition coefficient (Wildman–Crippen LogP) is 8.80. The quantitative estimate of drug-likeness (QED) is 0.101. The molecule has 0 saturated heterocycles. The molecule has 4 nitrogen and oxygen atoms in total. The van der Waals surface area contributed by atoms with E-state index in [1.807, 2.05) is 72.8 Å². The molecule has 1 heterocycles. The van der Waals surface area contributed by atoms with Gasteiger partial charge in [0.05, 0.1) is 35.8 Å². The van der Waals surface area contributed by atoms with Crippen LogP contribution in [0.25, 0.3) is 48.3 Å². The zero-order valence-corrected chi connectivity index (χ0v) is 28.0. The van der Waals surface area contributed by atoms with Crippen LogP contribution in [-0.2, 0) is 0 Å². The van der Waals surface area contributed by atoms with Crippen molar-refractivity contribution in [1.29, 1.82) is 5.26 Å². The highest BCUT2D eigenvalue weighted by molar-refractivity contribution is 7.20. The Bertz CT molecular complexity index is 2580. The molecule has 50 heavy (non-hydrogen) atoms. The molecule has 0 bridgehead atoms. The van der Waals surface area contributed by atoms with Crippen molar-refractivity contribution in [3.05, 3.63) is 198 Å². The zero-order valence-electron chi connectivity index (χ0n) is 27.0. The summed E-state index contributed by atoms with van der Waals surface area (Å²) in [5.41, 5.74) is 6.13. The maximum atomic E-state index is 9.63. The molecule has 0 spiro atoms. The minimum Gasteiger partial charge on any atom is -0.311 e. The number of hydrogen-bond donors (Lipinski definition) is 0. The Morgan fingerprint density at radius 2 is 1.12 bits per heavy atom. The van der Waals surface area contributed by atoms with Crippen molar-refractivity contribution < 1.29 is 0 Å². The van der Waals surface area contributed by atoms with E-state index in [1.54, 1.807) is 0 Å². The molecule has 7 aromatic carbocycles. The van der Waals surface area contributed by atoms with Crippen LogP contribution in [0.1, 0.15) is 5.56 Å². The maximum Gasteiger partial charge on any atom is 0.196 e. The van der Waals surface area contributed by atoms with Gasteiger partial charge in [-0.05, 0) is 68.3 Å². The van der Waals surface area contributed by atoms with Gasteiger partial charge in [0.2, 0.25) is 0 Å². The fraction of sp³-hybridized carbons (Fsp3) is 0. The van der Waals surface area contributed by atoms with Gasteiger partial charge in [0.1, 0.15) is 0 Å². The third-order valence-corrected chi connectivity index (χ3v) is 14.5. The number of benzene rings is 7. The highest BCUT2D eigenvalue weighted by Crippen LogP contribution is 2.38. The summed E-state index contributed by atoms with van der Waals surface area (Å²) in [5.74, 6) is 0. The largest absolute Gasteiger partial charge is 0.311 e. The number of aromatic nitrogens is 1. The molecule has 8 rings (SSSR count). The van der Waals surface area contributed by atoms with E-state index in [1.165, 1.54) is 15.6 Å². The van der Waals surface area contributed by atoms with Gasteiger partial charge in [0.15, 0.2) is 19.4 Å². The first-order valence-electron chi connectivity index (χ1n) is 16.3. The molecule has 0 N–H and O–H groups in total. The van der Waals surface area contributed by atoms with Crippen molar-refractivity contribution in [2.24, 2.45) is 0 Å². The third-order valence-electron chi connectivity index (χ3n) is 9.61. The van der Waals surface area contributed by atoms with Crippen LogP contribution >= 0.6 is 0 Å². The highest BCUT2D eigenvalue weighted by Gasteiger charge is 2.43. The van der Waals surface area contributed by atoms with Crippen LogP contribution < -0.4 is 20.7 Å². The minimum atomic E-state index is -2.98. The van der Waals surface area contributed by atoms with E-state index in [0.717, 1.165) is 43.8 Å². The first-order valence-corrected chi connectivity index (χ1v) is 18.3. The summed E-state index contributed by atoms with van der Waals surface area (Å²) in [6, 6.07) is 60.3. The van der Waals surface area contributed by atoms with Crippen LogP contribution in [0.5, 0.6) is 0 Å². The van der Waals surface area contributed by atoms with Gasteiger partial charge in [-0.3, -0.25) is 0 Å². The lowest BCUT2D eigenvalue weighted by molar-refractivity contribution is 1.18. The van der Waals surface area contributed by atoms with E-state index in [9.17, 15) is 5.26 Å². The second-order valence-corrected chi connectivity index (χ2v) is 16.0. The Hall–Kier alpha value is -6.97. The molecule has 0 aliphatic rings. The lowest BCUT2D eigenvalue weighted by Gasteiger charge is -2.36. The number of fused-ring (bicyclic) bond motifs is 3. The standard InChI is InChI=1S/C45H28N4Si/c1-47-33-23-27-45(50(35-14-6-3-7-15-35,36-16-8-4-9-17-36)37-18-10-5-11-19-37)41(29-33)38-25-24-34(30-42(38)48-2)49-43-21-13-12-20-39(43)40-28-32(31-46)22-26-44(40)49/h3-30H. The SMILES string of the molecule is [C-]#[N+]c1ccc([Si](c2ccccc2)(c2ccccc2)c2ccccc2)c(-c2ccc(-n3c4ccccc4c4cc(C#N)ccc43)cc2[N+]#[C-])c1. The van der Waals surface area contributed by atoms with Gasteiger partial charge in [0.25, 0.3) is 0 Å². The Kier molecular flexibility index (Phi) is 7.63.